The molecular weight excluding hydrogens is 594 g/mol. The molecule has 1 aromatic rings. The molecule has 2 rings (SSSR count). The third-order valence-electron chi connectivity index (χ3n) is 9.37. The Labute approximate surface area is 292 Å². The minimum atomic E-state index is -0.506. The van der Waals surface area contributed by atoms with Gasteiger partial charge in [-0.15, -0.1) is 19.7 Å². The Hall–Kier alpha value is -3.21. The number of allylic oxidation sites excluding steroid dienone is 3. The van der Waals surface area contributed by atoms with E-state index in [1.54, 1.807) is 0 Å². The summed E-state index contributed by atoms with van der Waals surface area (Å²) < 4.78 is 5.82. The van der Waals surface area contributed by atoms with E-state index in [0.717, 1.165) is 56.9 Å². The van der Waals surface area contributed by atoms with E-state index >= 15 is 0 Å². The van der Waals surface area contributed by atoms with E-state index in [9.17, 15) is 14.4 Å². The van der Waals surface area contributed by atoms with Gasteiger partial charge in [0, 0.05) is 11.6 Å². The number of imide groups is 1. The Bertz CT molecular complexity index is 1120. The molecule has 0 saturated carbocycles. The lowest BCUT2D eigenvalue weighted by atomic mass is 9.90. The van der Waals surface area contributed by atoms with Gasteiger partial charge in [0.15, 0.2) is 0 Å². The van der Waals surface area contributed by atoms with Gasteiger partial charge in [0.1, 0.15) is 6.61 Å². The molecule has 5 heteroatoms. The normalized spacial score (nSPS) is 12.5. The Balaban J connectivity index is 2.12. The second-order valence-electron chi connectivity index (χ2n) is 13.6. The summed E-state index contributed by atoms with van der Waals surface area (Å²) in [4.78, 5) is 36.4. The van der Waals surface area contributed by atoms with Gasteiger partial charge in [0.05, 0.1) is 6.42 Å². The van der Waals surface area contributed by atoms with Crippen molar-refractivity contribution in [2.24, 2.45) is 0 Å². The molecule has 0 atom stereocenters. The van der Waals surface area contributed by atoms with Crippen LogP contribution >= 0.6 is 0 Å². The third kappa shape index (κ3) is 18.4. The van der Waals surface area contributed by atoms with Gasteiger partial charge in [0.25, 0.3) is 11.8 Å². The van der Waals surface area contributed by atoms with Crippen molar-refractivity contribution in [3.63, 3.8) is 0 Å². The summed E-state index contributed by atoms with van der Waals surface area (Å²) in [6.45, 7) is 11.7. The highest BCUT2D eigenvalue weighted by Gasteiger charge is 2.24. The van der Waals surface area contributed by atoms with Crippen molar-refractivity contribution in [1.29, 1.82) is 0 Å². The SMILES string of the molecule is C=CCCCCCCCCc1cc(CCCCCCCCC=C)c(COC(=O)CC2=CC(=O)NC2=O)c(CCCCCCCCC=C)c1. The van der Waals surface area contributed by atoms with Gasteiger partial charge < -0.3 is 4.74 Å². The number of nitrogens with one attached hydrogen (secondary N) is 1. The standard InChI is InChI=1S/C43H65NO4/c1-4-7-10-13-16-19-22-25-28-36-31-37(29-26-23-20-17-14-11-8-5-2)40(35-48-42(46)34-39-33-41(45)44-43(39)47)38(32-36)30-27-24-21-18-15-12-9-6-3/h4-6,31-33H,1-3,7-30,34-35H2,(H,44,45,47). The summed E-state index contributed by atoms with van der Waals surface area (Å²) in [5.41, 5.74) is 5.34. The molecule has 1 heterocycles. The molecule has 2 amide bonds. The lowest BCUT2D eigenvalue weighted by Gasteiger charge is -2.18. The first kappa shape index (κ1) is 41.0. The van der Waals surface area contributed by atoms with Crippen molar-refractivity contribution < 1.29 is 19.1 Å². The van der Waals surface area contributed by atoms with Gasteiger partial charge >= 0.3 is 5.97 Å². The lowest BCUT2D eigenvalue weighted by Crippen LogP contribution is -2.23. The average Bonchev–Trinajstić information content (AvgIpc) is 3.39. The summed E-state index contributed by atoms with van der Waals surface area (Å²) in [5, 5.41) is 2.21. The molecule has 0 fully saturated rings. The van der Waals surface area contributed by atoms with Gasteiger partial charge in [0.2, 0.25) is 0 Å². The number of esters is 1. The quantitative estimate of drug-likeness (QED) is 0.0373. The zero-order valence-corrected chi connectivity index (χ0v) is 30.1. The van der Waals surface area contributed by atoms with Crippen molar-refractivity contribution in [3.05, 3.63) is 84.0 Å². The second kappa shape index (κ2) is 26.7. The monoisotopic (exact) mass is 659 g/mol. The Kier molecular flexibility index (Phi) is 22.8. The highest BCUT2D eigenvalue weighted by atomic mass is 16.5. The van der Waals surface area contributed by atoms with Gasteiger partial charge in [-0.2, -0.15) is 0 Å². The van der Waals surface area contributed by atoms with E-state index in [2.05, 4.69) is 37.2 Å². The van der Waals surface area contributed by atoms with Crippen LogP contribution in [0, 0.1) is 0 Å². The van der Waals surface area contributed by atoms with Crippen LogP contribution in [0.25, 0.3) is 0 Å². The fourth-order valence-electron chi connectivity index (χ4n) is 6.54. The summed E-state index contributed by atoms with van der Waals surface area (Å²) in [5.74, 6) is -1.45. The molecule has 5 nitrogen and oxygen atoms in total. The maximum Gasteiger partial charge on any atom is 0.310 e. The molecule has 1 aliphatic heterocycles. The van der Waals surface area contributed by atoms with Crippen LogP contribution in [0.15, 0.2) is 61.7 Å². The number of benzene rings is 1. The van der Waals surface area contributed by atoms with Crippen molar-refractivity contribution >= 4 is 17.8 Å². The smallest absolute Gasteiger partial charge is 0.310 e. The van der Waals surface area contributed by atoms with Crippen molar-refractivity contribution in [2.45, 2.75) is 167 Å². The predicted octanol–water partition coefficient (Wildman–Crippen LogP) is 11.1. The third-order valence-corrected chi connectivity index (χ3v) is 9.37. The average molecular weight is 660 g/mol. The Morgan fingerprint density at radius 1 is 0.604 bits per heavy atom. The number of hydrogen-bond acceptors (Lipinski definition) is 4. The summed E-state index contributed by atoms with van der Waals surface area (Å²) in [7, 11) is 0. The molecule has 48 heavy (non-hydrogen) atoms. The maximum atomic E-state index is 12.8. The van der Waals surface area contributed by atoms with Crippen LogP contribution in [-0.2, 0) is 45.0 Å². The van der Waals surface area contributed by atoms with Crippen LogP contribution < -0.4 is 5.32 Å². The molecule has 0 unspecified atom stereocenters. The summed E-state index contributed by atoms with van der Waals surface area (Å²) in [6, 6.07) is 4.76. The lowest BCUT2D eigenvalue weighted by molar-refractivity contribution is -0.144. The number of aryl methyl sites for hydroxylation is 3. The molecule has 0 radical (unpaired) electrons. The molecule has 1 aromatic carbocycles. The molecule has 0 aliphatic carbocycles. The van der Waals surface area contributed by atoms with Crippen LogP contribution in [0.1, 0.15) is 164 Å². The van der Waals surface area contributed by atoms with Crippen LogP contribution in [0.4, 0.5) is 0 Å². The molecule has 0 saturated heterocycles. The van der Waals surface area contributed by atoms with E-state index in [-0.39, 0.29) is 18.6 Å². The maximum absolute atomic E-state index is 12.8. The highest BCUT2D eigenvalue weighted by Crippen LogP contribution is 2.26. The summed E-state index contributed by atoms with van der Waals surface area (Å²) >= 11 is 0. The molecule has 1 aliphatic rings. The van der Waals surface area contributed by atoms with Crippen molar-refractivity contribution in [3.8, 4) is 0 Å². The Morgan fingerprint density at radius 2 is 1.02 bits per heavy atom. The number of hydrogen-bond donors (Lipinski definition) is 1. The minimum Gasteiger partial charge on any atom is -0.461 e. The molecule has 1 N–H and O–H groups in total. The van der Waals surface area contributed by atoms with Crippen LogP contribution in [-0.4, -0.2) is 17.8 Å². The van der Waals surface area contributed by atoms with E-state index < -0.39 is 17.8 Å². The van der Waals surface area contributed by atoms with Crippen LogP contribution in [0.2, 0.25) is 0 Å². The fourth-order valence-corrected chi connectivity index (χ4v) is 6.54. The number of ether oxygens (including phenoxy) is 1. The van der Waals surface area contributed by atoms with E-state index in [0.29, 0.717) is 0 Å². The van der Waals surface area contributed by atoms with Crippen molar-refractivity contribution in [2.75, 3.05) is 0 Å². The topological polar surface area (TPSA) is 72.5 Å². The summed E-state index contributed by atoms with van der Waals surface area (Å²) in [6.07, 6.45) is 35.5. The minimum absolute atomic E-state index is 0.169. The first-order valence-corrected chi connectivity index (χ1v) is 19.2. The number of unbranched alkanes of at least 4 members (excludes halogenated alkanes) is 18. The van der Waals surface area contributed by atoms with Crippen molar-refractivity contribution in [1.82, 2.24) is 5.32 Å². The Morgan fingerprint density at radius 3 is 1.44 bits per heavy atom. The predicted molar refractivity (Wildman–Crippen MR) is 201 cm³/mol. The first-order valence-electron chi connectivity index (χ1n) is 19.2. The molecule has 0 aromatic heterocycles. The molecular formula is C43H65NO4. The van der Waals surface area contributed by atoms with E-state index in [1.807, 2.05) is 18.2 Å². The second-order valence-corrected chi connectivity index (χ2v) is 13.6. The largest absolute Gasteiger partial charge is 0.461 e. The van der Waals surface area contributed by atoms with Crippen LogP contribution in [0.3, 0.4) is 0 Å². The number of carbonyl (C=O) groups excluding carboxylic acids is 3. The zero-order chi connectivity index (χ0) is 34.7. The molecule has 0 spiro atoms. The van der Waals surface area contributed by atoms with Gasteiger partial charge in [-0.25, -0.2) is 0 Å². The highest BCUT2D eigenvalue weighted by molar-refractivity contribution is 6.17. The molecule has 266 valence electrons. The van der Waals surface area contributed by atoms with E-state index in [1.165, 1.54) is 125 Å². The van der Waals surface area contributed by atoms with Gasteiger partial charge in [-0.05, 0) is 99.3 Å². The van der Waals surface area contributed by atoms with E-state index in [4.69, 9.17) is 4.74 Å². The number of carbonyl (C=O) groups is 3. The van der Waals surface area contributed by atoms with Gasteiger partial charge in [-0.1, -0.05) is 107 Å². The number of rotatable bonds is 31. The zero-order valence-electron chi connectivity index (χ0n) is 30.1. The van der Waals surface area contributed by atoms with Crippen LogP contribution in [0.5, 0.6) is 0 Å². The van der Waals surface area contributed by atoms with Gasteiger partial charge in [-0.3, -0.25) is 19.7 Å². The molecule has 0 bridgehead atoms. The fraction of sp³-hybridized carbons (Fsp3) is 0.605. The first-order chi connectivity index (χ1) is 23.5. The number of amides is 2.